The Bertz CT molecular complexity index is 1120. The van der Waals surface area contributed by atoms with Gasteiger partial charge in [0, 0.05) is 10.6 Å². The number of carbonyl (C=O) groups is 2. The number of anilines is 1. The molecule has 4 rings (SSSR count). The van der Waals surface area contributed by atoms with E-state index in [0.29, 0.717) is 15.4 Å². The molecule has 1 unspecified atom stereocenters. The number of aliphatic hydroxyl groups excluding tert-OH is 1. The quantitative estimate of drug-likeness (QED) is 0.626. The Morgan fingerprint density at radius 1 is 1.25 bits per heavy atom. The molecule has 28 heavy (non-hydrogen) atoms. The molecule has 1 aliphatic heterocycles. The number of aliphatic hydroxyl groups is 1. The number of aryl methyl sites for hydroxylation is 2. The summed E-state index contributed by atoms with van der Waals surface area (Å²) in [6.07, 6.45) is 0. The van der Waals surface area contributed by atoms with Crippen LogP contribution in [0.25, 0.3) is 0 Å². The van der Waals surface area contributed by atoms with Crippen molar-refractivity contribution in [2.24, 2.45) is 0 Å². The molecule has 3 heterocycles. The second-order valence-corrected chi connectivity index (χ2v) is 8.49. The normalized spacial score (nSPS) is 16.9. The number of thiazole rings is 1. The molecule has 0 fully saturated rings. The number of hydrogen-bond acceptors (Lipinski definition) is 6. The predicted octanol–water partition coefficient (Wildman–Crippen LogP) is 4.74. The summed E-state index contributed by atoms with van der Waals surface area (Å²) in [5.74, 6) is -2.29. The van der Waals surface area contributed by atoms with Gasteiger partial charge in [0.2, 0.25) is 5.78 Å². The van der Waals surface area contributed by atoms with Crippen LogP contribution >= 0.6 is 22.7 Å². The van der Waals surface area contributed by atoms with Crippen LogP contribution in [0.3, 0.4) is 0 Å². The van der Waals surface area contributed by atoms with Crippen LogP contribution in [0, 0.1) is 19.7 Å². The van der Waals surface area contributed by atoms with E-state index < -0.39 is 29.3 Å². The van der Waals surface area contributed by atoms with Gasteiger partial charge in [0.1, 0.15) is 11.9 Å². The number of amides is 1. The highest BCUT2D eigenvalue weighted by Gasteiger charge is 2.45. The van der Waals surface area contributed by atoms with E-state index in [1.165, 1.54) is 45.8 Å². The van der Waals surface area contributed by atoms with E-state index in [0.717, 1.165) is 5.01 Å². The smallest absolute Gasteiger partial charge is 0.294 e. The summed E-state index contributed by atoms with van der Waals surface area (Å²) < 4.78 is 13.8. The molecule has 1 N–H and O–H groups in total. The zero-order valence-electron chi connectivity index (χ0n) is 15.0. The molecule has 0 aliphatic carbocycles. The van der Waals surface area contributed by atoms with Gasteiger partial charge in [0.05, 0.1) is 21.2 Å². The third-order valence-corrected chi connectivity index (χ3v) is 6.46. The van der Waals surface area contributed by atoms with E-state index >= 15 is 0 Å². The van der Waals surface area contributed by atoms with Crippen LogP contribution in [0.2, 0.25) is 0 Å². The van der Waals surface area contributed by atoms with Crippen LogP contribution in [0.5, 0.6) is 0 Å². The maximum atomic E-state index is 13.8. The maximum Gasteiger partial charge on any atom is 0.294 e. The van der Waals surface area contributed by atoms with Gasteiger partial charge >= 0.3 is 0 Å². The molecular formula is C20H15FN2O3S2. The van der Waals surface area contributed by atoms with Gasteiger partial charge in [-0.2, -0.15) is 0 Å². The van der Waals surface area contributed by atoms with Crippen molar-refractivity contribution >= 4 is 40.1 Å². The molecule has 1 aromatic carbocycles. The highest BCUT2D eigenvalue weighted by molar-refractivity contribution is 7.14. The number of thiophene rings is 1. The molecule has 0 saturated carbocycles. The summed E-state index contributed by atoms with van der Waals surface area (Å²) in [6, 6.07) is 8.29. The second kappa shape index (κ2) is 6.96. The first-order valence-electron chi connectivity index (χ1n) is 8.43. The first-order valence-corrected chi connectivity index (χ1v) is 10.1. The van der Waals surface area contributed by atoms with Gasteiger partial charge in [-0.05, 0) is 43.5 Å². The van der Waals surface area contributed by atoms with E-state index in [1.54, 1.807) is 32.0 Å². The number of rotatable bonds is 4. The van der Waals surface area contributed by atoms with Crippen molar-refractivity contribution in [1.29, 1.82) is 0 Å². The van der Waals surface area contributed by atoms with Gasteiger partial charge < -0.3 is 5.11 Å². The molecule has 0 bridgehead atoms. The summed E-state index contributed by atoms with van der Waals surface area (Å²) in [5, 5.41) is 13.2. The molecule has 5 nitrogen and oxygen atoms in total. The van der Waals surface area contributed by atoms with Crippen molar-refractivity contribution in [3.8, 4) is 0 Å². The van der Waals surface area contributed by atoms with Gasteiger partial charge in [-0.1, -0.05) is 12.1 Å². The van der Waals surface area contributed by atoms with E-state index in [1.807, 2.05) is 5.38 Å². The van der Waals surface area contributed by atoms with Crippen LogP contribution in [-0.4, -0.2) is 21.8 Å². The number of nitrogens with zero attached hydrogens (tertiary/aromatic N) is 2. The third-order valence-electron chi connectivity index (χ3n) is 4.46. The summed E-state index contributed by atoms with van der Waals surface area (Å²) in [4.78, 5) is 32.8. The lowest BCUT2D eigenvalue weighted by Gasteiger charge is -2.25. The number of hydrogen-bond donors (Lipinski definition) is 1. The fourth-order valence-corrected chi connectivity index (χ4v) is 5.01. The van der Waals surface area contributed by atoms with Gasteiger partial charge in [-0.25, -0.2) is 9.37 Å². The van der Waals surface area contributed by atoms with E-state index in [2.05, 4.69) is 4.98 Å². The fourth-order valence-electron chi connectivity index (χ4n) is 3.31. The van der Waals surface area contributed by atoms with Gasteiger partial charge in [-0.3, -0.25) is 14.5 Å². The molecule has 0 saturated heterocycles. The average Bonchev–Trinajstić information content (AvgIpc) is 3.34. The van der Waals surface area contributed by atoms with Crippen LogP contribution in [0.4, 0.5) is 10.1 Å². The zero-order valence-corrected chi connectivity index (χ0v) is 16.6. The van der Waals surface area contributed by atoms with Crippen molar-refractivity contribution in [2.45, 2.75) is 19.9 Å². The minimum atomic E-state index is -0.830. The Morgan fingerprint density at radius 3 is 2.64 bits per heavy atom. The van der Waals surface area contributed by atoms with Crippen molar-refractivity contribution in [3.05, 3.63) is 79.4 Å². The highest BCUT2D eigenvalue weighted by Crippen LogP contribution is 2.44. The summed E-state index contributed by atoms with van der Waals surface area (Å²) in [6.45, 7) is 3.51. The Kier molecular flexibility index (Phi) is 4.60. The standard InChI is InChI=1S/C20H15FN2O3S2/c1-10-19(28-11(2)22-10)17(24)15-16(14-7-4-8-27-14)23(20(26)18(15)25)13-6-3-5-12(21)9-13/h3-9,16,25H,1-2H3. The molecule has 142 valence electrons. The molecule has 8 heteroatoms. The SMILES string of the molecule is Cc1nc(C)c(C(=O)C2=C(O)C(=O)N(c3cccc(F)c3)C2c2cccs2)s1. The van der Waals surface area contributed by atoms with Gasteiger partial charge in [0.15, 0.2) is 5.76 Å². The minimum absolute atomic E-state index is 0.0107. The Balaban J connectivity index is 1.88. The zero-order chi connectivity index (χ0) is 20.0. The Morgan fingerprint density at radius 2 is 2.04 bits per heavy atom. The topological polar surface area (TPSA) is 70.5 Å². The van der Waals surface area contributed by atoms with Crippen molar-refractivity contribution in [3.63, 3.8) is 0 Å². The molecule has 3 aromatic rings. The third kappa shape index (κ3) is 2.94. The van der Waals surface area contributed by atoms with Crippen LogP contribution in [-0.2, 0) is 4.79 Å². The number of carbonyl (C=O) groups excluding carboxylic acids is 2. The molecular weight excluding hydrogens is 399 g/mol. The van der Waals surface area contributed by atoms with Crippen molar-refractivity contribution in [2.75, 3.05) is 4.90 Å². The van der Waals surface area contributed by atoms with Gasteiger partial charge in [-0.15, -0.1) is 22.7 Å². The average molecular weight is 414 g/mol. The number of ketones is 1. The Hall–Kier alpha value is -2.84. The van der Waals surface area contributed by atoms with Crippen LogP contribution in [0.15, 0.2) is 53.1 Å². The monoisotopic (exact) mass is 414 g/mol. The fraction of sp³-hybridized carbons (Fsp3) is 0.150. The van der Waals surface area contributed by atoms with E-state index in [4.69, 9.17) is 0 Å². The first-order chi connectivity index (χ1) is 13.4. The molecule has 1 aliphatic rings. The predicted molar refractivity (Wildman–Crippen MR) is 107 cm³/mol. The Labute approximate surface area is 168 Å². The lowest BCUT2D eigenvalue weighted by Crippen LogP contribution is -2.30. The second-order valence-electron chi connectivity index (χ2n) is 6.31. The van der Waals surface area contributed by atoms with Crippen LogP contribution in [0.1, 0.15) is 31.3 Å². The van der Waals surface area contributed by atoms with Gasteiger partial charge in [0.25, 0.3) is 5.91 Å². The highest BCUT2D eigenvalue weighted by atomic mass is 32.1. The summed E-state index contributed by atoms with van der Waals surface area (Å²) in [5.41, 5.74) is 0.813. The molecule has 1 amide bonds. The van der Waals surface area contributed by atoms with E-state index in [9.17, 15) is 19.1 Å². The maximum absolute atomic E-state index is 13.8. The van der Waals surface area contributed by atoms with Crippen molar-refractivity contribution < 1.29 is 19.1 Å². The van der Waals surface area contributed by atoms with E-state index in [-0.39, 0.29) is 11.3 Å². The summed E-state index contributed by atoms with van der Waals surface area (Å²) in [7, 11) is 0. The minimum Gasteiger partial charge on any atom is -0.503 e. The largest absolute Gasteiger partial charge is 0.503 e. The van der Waals surface area contributed by atoms with Crippen LogP contribution < -0.4 is 4.90 Å². The molecule has 2 aromatic heterocycles. The molecule has 0 radical (unpaired) electrons. The lowest BCUT2D eigenvalue weighted by molar-refractivity contribution is -0.117. The first kappa shape index (κ1) is 18.5. The molecule has 0 spiro atoms. The number of halogens is 1. The summed E-state index contributed by atoms with van der Waals surface area (Å²) >= 11 is 2.57. The number of Topliss-reactive ketones (excluding diaryl/α,β-unsaturated/α-hetero) is 1. The number of benzene rings is 1. The van der Waals surface area contributed by atoms with Crippen molar-refractivity contribution in [1.82, 2.24) is 4.98 Å². The lowest BCUT2D eigenvalue weighted by atomic mass is 10.00. The number of aromatic nitrogens is 1. The molecule has 1 atom stereocenters.